The van der Waals surface area contributed by atoms with Gasteiger partial charge >= 0.3 is 0 Å². The minimum atomic E-state index is 0.408. The number of thioether (sulfide) groups is 1. The van der Waals surface area contributed by atoms with Crippen molar-refractivity contribution in [2.75, 3.05) is 0 Å². The number of hydrogen-bond donors (Lipinski definition) is 0. The molecule has 0 aliphatic carbocycles. The lowest BCUT2D eigenvalue weighted by Crippen LogP contribution is -1.86. The zero-order valence-electron chi connectivity index (χ0n) is 15.6. The maximum absolute atomic E-state index is 9.20. The first-order valence-corrected chi connectivity index (χ1v) is 10.2. The lowest BCUT2D eigenvalue weighted by atomic mass is 10.1. The third-order valence-electron chi connectivity index (χ3n) is 4.55. The van der Waals surface area contributed by atoms with E-state index in [0.29, 0.717) is 33.9 Å². The second kappa shape index (κ2) is 7.85. The molecule has 2 aromatic heterocycles. The fraction of sp³-hybridized carbons (Fsp3) is 0.0435. The Morgan fingerprint density at radius 3 is 2.53 bits per heavy atom. The first-order chi connectivity index (χ1) is 14.8. The highest BCUT2D eigenvalue weighted by Crippen LogP contribution is 2.30. The van der Waals surface area contributed by atoms with E-state index in [2.05, 4.69) is 21.3 Å². The van der Waals surface area contributed by atoms with Gasteiger partial charge in [-0.25, -0.2) is 4.98 Å². The van der Waals surface area contributed by atoms with E-state index in [-0.39, 0.29) is 0 Å². The molecule has 0 fully saturated rings. The van der Waals surface area contributed by atoms with Gasteiger partial charge in [0.25, 0.3) is 5.22 Å². The van der Waals surface area contributed by atoms with Crippen LogP contribution in [0.1, 0.15) is 11.1 Å². The Kier molecular flexibility index (Phi) is 4.75. The molecule has 5 rings (SSSR count). The van der Waals surface area contributed by atoms with Crippen molar-refractivity contribution in [1.82, 2.24) is 15.2 Å². The summed E-state index contributed by atoms with van der Waals surface area (Å²) in [6.07, 6.45) is 0. The average molecular weight is 410 g/mol. The number of nitriles is 1. The van der Waals surface area contributed by atoms with Crippen LogP contribution in [0.5, 0.6) is 0 Å². The van der Waals surface area contributed by atoms with Gasteiger partial charge in [0.2, 0.25) is 11.8 Å². The predicted octanol–water partition coefficient (Wildman–Crippen LogP) is 5.71. The molecule has 0 N–H and O–H groups in total. The van der Waals surface area contributed by atoms with Gasteiger partial charge in [-0.1, -0.05) is 48.2 Å². The summed E-state index contributed by atoms with van der Waals surface area (Å²) in [4.78, 5) is 4.54. The molecule has 0 unspecified atom stereocenters. The van der Waals surface area contributed by atoms with Crippen molar-refractivity contribution < 1.29 is 8.83 Å². The molecule has 2 heterocycles. The van der Waals surface area contributed by atoms with Crippen molar-refractivity contribution in [2.45, 2.75) is 11.0 Å². The van der Waals surface area contributed by atoms with Gasteiger partial charge in [-0.3, -0.25) is 0 Å². The number of fused-ring (bicyclic) bond motifs is 1. The summed E-state index contributed by atoms with van der Waals surface area (Å²) in [6, 6.07) is 25.0. The molecule has 6 nitrogen and oxygen atoms in total. The standard InChI is InChI=1S/C23H14N4O2S/c24-13-17-8-4-5-9-18(17)14-30-23-27-26-22(29-23)16-10-11-19-20(12-16)28-21(25-19)15-6-2-1-3-7-15/h1-12H,14H2. The van der Waals surface area contributed by atoms with Gasteiger partial charge in [0.1, 0.15) is 5.52 Å². The highest BCUT2D eigenvalue weighted by atomic mass is 32.2. The van der Waals surface area contributed by atoms with Crippen LogP contribution in [0.3, 0.4) is 0 Å². The smallest absolute Gasteiger partial charge is 0.277 e. The minimum Gasteiger partial charge on any atom is -0.436 e. The molecular weight excluding hydrogens is 396 g/mol. The van der Waals surface area contributed by atoms with E-state index in [1.165, 1.54) is 11.8 Å². The van der Waals surface area contributed by atoms with Crippen molar-refractivity contribution in [3.05, 3.63) is 83.9 Å². The van der Waals surface area contributed by atoms with Gasteiger partial charge < -0.3 is 8.83 Å². The Balaban J connectivity index is 1.37. The number of oxazole rings is 1. The summed E-state index contributed by atoms with van der Waals surface area (Å²) in [5.74, 6) is 1.55. The Labute approximate surface area is 176 Å². The molecule has 5 aromatic rings. The van der Waals surface area contributed by atoms with E-state index in [9.17, 15) is 5.26 Å². The molecule has 0 radical (unpaired) electrons. The molecule has 0 aliphatic heterocycles. The van der Waals surface area contributed by atoms with Crippen LogP contribution < -0.4 is 0 Å². The number of nitrogens with zero attached hydrogens (tertiary/aromatic N) is 4. The van der Waals surface area contributed by atoms with Gasteiger partial charge in [-0.05, 0) is 42.0 Å². The molecule has 0 saturated heterocycles. The van der Waals surface area contributed by atoms with Crippen molar-refractivity contribution in [2.24, 2.45) is 0 Å². The van der Waals surface area contributed by atoms with Crippen LogP contribution in [0.15, 0.2) is 86.9 Å². The fourth-order valence-corrected chi connectivity index (χ4v) is 3.81. The Hall–Kier alpha value is -3.89. The molecule has 30 heavy (non-hydrogen) atoms. The Bertz CT molecular complexity index is 1370. The van der Waals surface area contributed by atoms with Crippen molar-refractivity contribution in [3.8, 4) is 29.0 Å². The van der Waals surface area contributed by atoms with Crippen molar-refractivity contribution >= 4 is 22.9 Å². The van der Waals surface area contributed by atoms with Crippen LogP contribution >= 0.6 is 11.8 Å². The van der Waals surface area contributed by atoms with Gasteiger partial charge in [0.05, 0.1) is 11.6 Å². The first kappa shape index (κ1) is 18.2. The first-order valence-electron chi connectivity index (χ1n) is 9.21. The van der Waals surface area contributed by atoms with E-state index >= 15 is 0 Å². The van der Waals surface area contributed by atoms with Crippen LogP contribution in [0.2, 0.25) is 0 Å². The molecule has 3 aromatic carbocycles. The van der Waals surface area contributed by atoms with Crippen LogP contribution in [0.4, 0.5) is 0 Å². The summed E-state index contributed by atoms with van der Waals surface area (Å²) >= 11 is 1.40. The summed E-state index contributed by atoms with van der Waals surface area (Å²) in [6.45, 7) is 0. The predicted molar refractivity (Wildman–Crippen MR) is 113 cm³/mol. The summed E-state index contributed by atoms with van der Waals surface area (Å²) in [5, 5.41) is 17.9. The topological polar surface area (TPSA) is 88.7 Å². The number of rotatable bonds is 5. The molecule has 0 amide bonds. The number of hydrogen-bond acceptors (Lipinski definition) is 7. The summed E-state index contributed by atoms with van der Waals surface area (Å²) < 4.78 is 11.7. The van der Waals surface area contributed by atoms with E-state index in [1.807, 2.05) is 66.7 Å². The minimum absolute atomic E-state index is 0.408. The molecule has 0 atom stereocenters. The second-order valence-electron chi connectivity index (χ2n) is 6.50. The molecule has 0 aliphatic rings. The third kappa shape index (κ3) is 3.56. The molecule has 0 bridgehead atoms. The van der Waals surface area contributed by atoms with Gasteiger partial charge in [0, 0.05) is 16.9 Å². The van der Waals surface area contributed by atoms with Gasteiger partial charge in [-0.2, -0.15) is 5.26 Å². The number of aromatic nitrogens is 3. The molecule has 7 heteroatoms. The van der Waals surface area contributed by atoms with E-state index in [4.69, 9.17) is 8.83 Å². The highest BCUT2D eigenvalue weighted by Gasteiger charge is 2.14. The van der Waals surface area contributed by atoms with Crippen LogP contribution in [-0.4, -0.2) is 15.2 Å². The lowest BCUT2D eigenvalue weighted by molar-refractivity contribution is 0.466. The highest BCUT2D eigenvalue weighted by molar-refractivity contribution is 7.98. The van der Waals surface area contributed by atoms with Gasteiger partial charge in [0.15, 0.2) is 5.58 Å². The molecule has 144 valence electrons. The zero-order valence-corrected chi connectivity index (χ0v) is 16.5. The van der Waals surface area contributed by atoms with E-state index in [1.54, 1.807) is 6.07 Å². The Morgan fingerprint density at radius 2 is 1.67 bits per heavy atom. The lowest BCUT2D eigenvalue weighted by Gasteiger charge is -2.00. The largest absolute Gasteiger partial charge is 0.436 e. The van der Waals surface area contributed by atoms with E-state index in [0.717, 1.165) is 22.2 Å². The average Bonchev–Trinajstić information content (AvgIpc) is 3.45. The van der Waals surface area contributed by atoms with E-state index < -0.39 is 0 Å². The SMILES string of the molecule is N#Cc1ccccc1CSc1nnc(-c2ccc3nc(-c4ccccc4)oc3c2)o1. The zero-order chi connectivity index (χ0) is 20.3. The van der Waals surface area contributed by atoms with Crippen LogP contribution in [-0.2, 0) is 5.75 Å². The quantitative estimate of drug-likeness (QED) is 0.343. The second-order valence-corrected chi connectivity index (χ2v) is 7.42. The number of benzene rings is 3. The molecular formula is C23H14N4O2S. The monoisotopic (exact) mass is 410 g/mol. The molecule has 0 saturated carbocycles. The summed E-state index contributed by atoms with van der Waals surface area (Å²) in [7, 11) is 0. The van der Waals surface area contributed by atoms with Gasteiger partial charge in [-0.15, -0.1) is 10.2 Å². The normalized spacial score (nSPS) is 10.9. The van der Waals surface area contributed by atoms with Crippen molar-refractivity contribution in [1.29, 1.82) is 5.26 Å². The third-order valence-corrected chi connectivity index (χ3v) is 5.42. The van der Waals surface area contributed by atoms with Crippen LogP contribution in [0.25, 0.3) is 34.0 Å². The maximum Gasteiger partial charge on any atom is 0.277 e. The van der Waals surface area contributed by atoms with Crippen molar-refractivity contribution in [3.63, 3.8) is 0 Å². The molecule has 0 spiro atoms. The van der Waals surface area contributed by atoms with Crippen LogP contribution in [0, 0.1) is 11.3 Å². The summed E-state index contributed by atoms with van der Waals surface area (Å²) in [5.41, 5.74) is 4.68. The fourth-order valence-electron chi connectivity index (χ4n) is 3.04. The maximum atomic E-state index is 9.20. The Morgan fingerprint density at radius 1 is 0.833 bits per heavy atom.